The summed E-state index contributed by atoms with van der Waals surface area (Å²) in [5, 5.41) is 6.79. The Bertz CT molecular complexity index is 863. The molecule has 0 saturated heterocycles. The maximum atomic E-state index is 13.5. The molecule has 1 unspecified atom stereocenters. The number of aromatic amines is 1. The molecule has 0 radical (unpaired) electrons. The molecule has 1 aliphatic heterocycles. The smallest absolute Gasteiger partial charge is 0.123 e. The fourth-order valence-electron chi connectivity index (χ4n) is 3.70. The molecule has 1 atom stereocenters. The van der Waals surface area contributed by atoms with Gasteiger partial charge in [0.1, 0.15) is 5.82 Å². The molecule has 0 aliphatic carbocycles. The van der Waals surface area contributed by atoms with E-state index in [2.05, 4.69) is 33.9 Å². The summed E-state index contributed by atoms with van der Waals surface area (Å²) >= 11 is 1.83. The maximum Gasteiger partial charge on any atom is 0.123 e. The quantitative estimate of drug-likeness (QED) is 0.560. The summed E-state index contributed by atoms with van der Waals surface area (Å²) in [6.07, 6.45) is 10.0. The van der Waals surface area contributed by atoms with Crippen LogP contribution in [0.3, 0.4) is 0 Å². The number of H-pyrrole nitrogens is 1. The van der Waals surface area contributed by atoms with Crippen LogP contribution in [-0.4, -0.2) is 17.6 Å². The van der Waals surface area contributed by atoms with Gasteiger partial charge in [-0.25, -0.2) is 4.39 Å². The van der Waals surface area contributed by atoms with Gasteiger partial charge in [-0.15, -0.1) is 11.3 Å². The largest absolute Gasteiger partial charge is 0.361 e. The van der Waals surface area contributed by atoms with Gasteiger partial charge in [-0.3, -0.25) is 0 Å². The van der Waals surface area contributed by atoms with E-state index in [0.717, 1.165) is 36.7 Å². The summed E-state index contributed by atoms with van der Waals surface area (Å²) in [5.74, 6) is -0.160. The van der Waals surface area contributed by atoms with Crippen LogP contribution in [0, 0.1) is 5.82 Å². The van der Waals surface area contributed by atoms with E-state index in [0.29, 0.717) is 6.04 Å². The number of rotatable bonds is 6. The summed E-state index contributed by atoms with van der Waals surface area (Å²) in [4.78, 5) is 4.65. The zero-order valence-corrected chi connectivity index (χ0v) is 15.0. The van der Waals surface area contributed by atoms with Crippen molar-refractivity contribution in [2.45, 2.75) is 38.1 Å². The molecule has 1 aromatic carbocycles. The van der Waals surface area contributed by atoms with Gasteiger partial charge >= 0.3 is 0 Å². The number of halogens is 1. The first-order chi connectivity index (χ1) is 12.3. The van der Waals surface area contributed by atoms with Crippen LogP contribution in [0.5, 0.6) is 0 Å². The highest BCUT2D eigenvalue weighted by Gasteiger charge is 2.16. The Hall–Kier alpha value is -1.91. The highest BCUT2D eigenvalue weighted by atomic mass is 32.1. The predicted molar refractivity (Wildman–Crippen MR) is 105 cm³/mol. The fraction of sp³-hybridized carbons (Fsp3) is 0.333. The van der Waals surface area contributed by atoms with Gasteiger partial charge in [0.25, 0.3) is 0 Å². The second kappa shape index (κ2) is 7.54. The monoisotopic (exact) mass is 354 g/mol. The average molecular weight is 354 g/mol. The number of benzene rings is 1. The van der Waals surface area contributed by atoms with Crippen molar-refractivity contribution < 1.29 is 4.39 Å². The Morgan fingerprint density at radius 2 is 2.16 bits per heavy atom. The van der Waals surface area contributed by atoms with E-state index in [1.54, 1.807) is 6.07 Å². The van der Waals surface area contributed by atoms with Gasteiger partial charge in [0.2, 0.25) is 0 Å². The minimum absolute atomic E-state index is 0.160. The van der Waals surface area contributed by atoms with Gasteiger partial charge in [0, 0.05) is 34.6 Å². The Balaban J connectivity index is 1.28. The minimum Gasteiger partial charge on any atom is -0.361 e. The van der Waals surface area contributed by atoms with Crippen LogP contribution in [0.4, 0.5) is 4.39 Å². The Morgan fingerprint density at radius 3 is 3.04 bits per heavy atom. The second-order valence-corrected chi connectivity index (χ2v) is 7.71. The lowest BCUT2D eigenvalue weighted by Crippen LogP contribution is -2.32. The van der Waals surface area contributed by atoms with Crippen molar-refractivity contribution in [2.24, 2.45) is 0 Å². The first-order valence-corrected chi connectivity index (χ1v) is 9.89. The van der Waals surface area contributed by atoms with Crippen molar-refractivity contribution in [1.29, 1.82) is 0 Å². The number of unbranched alkanes of at least 4 members (excludes halogenated alkanes) is 1. The lowest BCUT2D eigenvalue weighted by atomic mass is 9.95. The molecule has 0 amide bonds. The Morgan fingerprint density at radius 1 is 1.20 bits per heavy atom. The zero-order chi connectivity index (χ0) is 17.1. The number of aryl methyl sites for hydroxylation is 1. The van der Waals surface area contributed by atoms with Crippen LogP contribution < -0.4 is 5.32 Å². The number of fused-ring (bicyclic) bond motifs is 1. The van der Waals surface area contributed by atoms with E-state index in [1.165, 1.54) is 34.9 Å². The van der Waals surface area contributed by atoms with Gasteiger partial charge in [-0.2, -0.15) is 0 Å². The lowest BCUT2D eigenvalue weighted by molar-refractivity contribution is 0.477. The molecule has 3 heterocycles. The first kappa shape index (κ1) is 16.6. The summed E-state index contributed by atoms with van der Waals surface area (Å²) < 4.78 is 13.5. The zero-order valence-electron chi connectivity index (χ0n) is 14.2. The maximum absolute atomic E-state index is 13.5. The SMILES string of the molecule is Fc1ccc2[nH]cc(CCCCC3CC(c4cccs4)=CCN3)c2c1. The van der Waals surface area contributed by atoms with Crippen molar-refractivity contribution >= 4 is 27.8 Å². The van der Waals surface area contributed by atoms with Crippen LogP contribution in [0.15, 0.2) is 48.0 Å². The van der Waals surface area contributed by atoms with E-state index >= 15 is 0 Å². The number of aromatic nitrogens is 1. The minimum atomic E-state index is -0.160. The molecule has 2 aromatic heterocycles. The summed E-state index contributed by atoms with van der Waals surface area (Å²) in [7, 11) is 0. The molecule has 0 bridgehead atoms. The van der Waals surface area contributed by atoms with Gasteiger partial charge in [0.05, 0.1) is 0 Å². The molecule has 1 aliphatic rings. The second-order valence-electron chi connectivity index (χ2n) is 6.77. The van der Waals surface area contributed by atoms with E-state index in [4.69, 9.17) is 0 Å². The van der Waals surface area contributed by atoms with Crippen LogP contribution in [0.1, 0.15) is 36.1 Å². The molecule has 4 heteroatoms. The molecule has 0 fully saturated rings. The van der Waals surface area contributed by atoms with E-state index in [-0.39, 0.29) is 5.82 Å². The standard InChI is InChI=1S/C21H23FN2S/c22-17-7-8-20-19(13-17)16(14-24-20)4-1-2-5-18-12-15(9-10-23-18)21-6-3-11-25-21/h3,6-9,11,13-14,18,23-24H,1-2,4-5,10,12H2. The predicted octanol–water partition coefficient (Wildman–Crippen LogP) is 5.53. The van der Waals surface area contributed by atoms with E-state index < -0.39 is 0 Å². The van der Waals surface area contributed by atoms with Crippen molar-refractivity contribution in [3.8, 4) is 0 Å². The van der Waals surface area contributed by atoms with E-state index in [1.807, 2.05) is 23.6 Å². The van der Waals surface area contributed by atoms with E-state index in [9.17, 15) is 4.39 Å². The van der Waals surface area contributed by atoms with Gasteiger partial charge < -0.3 is 10.3 Å². The number of hydrogen-bond acceptors (Lipinski definition) is 2. The number of hydrogen-bond donors (Lipinski definition) is 2. The van der Waals surface area contributed by atoms with Crippen LogP contribution in [-0.2, 0) is 6.42 Å². The highest BCUT2D eigenvalue weighted by molar-refractivity contribution is 7.11. The third-order valence-electron chi connectivity index (χ3n) is 5.04. The molecule has 0 saturated carbocycles. The van der Waals surface area contributed by atoms with Crippen molar-refractivity contribution in [3.63, 3.8) is 0 Å². The van der Waals surface area contributed by atoms with Crippen molar-refractivity contribution in [3.05, 3.63) is 64.2 Å². The van der Waals surface area contributed by atoms with Crippen LogP contribution in [0.25, 0.3) is 16.5 Å². The Labute approximate surface area is 151 Å². The topological polar surface area (TPSA) is 27.8 Å². The molecule has 3 aromatic rings. The normalized spacial score (nSPS) is 17.8. The number of thiophene rings is 1. The molecular weight excluding hydrogens is 331 g/mol. The number of nitrogens with one attached hydrogen (secondary N) is 2. The third-order valence-corrected chi connectivity index (χ3v) is 5.98. The summed E-state index contributed by atoms with van der Waals surface area (Å²) in [5.41, 5.74) is 3.74. The molecule has 130 valence electrons. The summed E-state index contributed by atoms with van der Waals surface area (Å²) in [6, 6.07) is 9.88. The van der Waals surface area contributed by atoms with Crippen LogP contribution in [0.2, 0.25) is 0 Å². The Kier molecular flexibility index (Phi) is 4.99. The molecule has 4 rings (SSSR count). The highest BCUT2D eigenvalue weighted by Crippen LogP contribution is 2.28. The third kappa shape index (κ3) is 3.86. The van der Waals surface area contributed by atoms with Crippen LogP contribution >= 0.6 is 11.3 Å². The average Bonchev–Trinajstić information content (AvgIpc) is 3.29. The van der Waals surface area contributed by atoms with Gasteiger partial charge in [0.15, 0.2) is 0 Å². The fourth-order valence-corrected chi connectivity index (χ4v) is 4.48. The van der Waals surface area contributed by atoms with Gasteiger partial charge in [-0.05, 0) is 66.5 Å². The summed E-state index contributed by atoms with van der Waals surface area (Å²) in [6.45, 7) is 0.972. The first-order valence-electron chi connectivity index (χ1n) is 9.01. The van der Waals surface area contributed by atoms with Crippen molar-refractivity contribution in [2.75, 3.05) is 6.54 Å². The molecule has 0 spiro atoms. The molecule has 25 heavy (non-hydrogen) atoms. The molecule has 2 N–H and O–H groups in total. The lowest BCUT2D eigenvalue weighted by Gasteiger charge is -2.24. The molecule has 2 nitrogen and oxygen atoms in total. The van der Waals surface area contributed by atoms with Gasteiger partial charge in [-0.1, -0.05) is 18.6 Å². The van der Waals surface area contributed by atoms with Crippen molar-refractivity contribution in [1.82, 2.24) is 10.3 Å². The molecular formula is C21H23FN2S.